The first kappa shape index (κ1) is 13.6. The molecular weight excluding hydrogens is 249 g/mol. The molecule has 2 nitrogen and oxygen atoms in total. The van der Waals surface area contributed by atoms with Crippen molar-refractivity contribution < 1.29 is 8.60 Å². The molecule has 1 aromatic rings. The summed E-state index contributed by atoms with van der Waals surface area (Å²) in [7, 11) is -1.21. The van der Waals surface area contributed by atoms with E-state index < -0.39 is 22.2 Å². The van der Waals surface area contributed by atoms with Gasteiger partial charge in [-0.1, -0.05) is 17.7 Å². The van der Waals surface area contributed by atoms with Crippen LogP contribution in [0, 0.1) is 5.82 Å². The first-order valence-corrected chi connectivity index (χ1v) is 6.73. The minimum Gasteiger partial charge on any atom is -0.325 e. The SMILES string of the molecule is CC(C)(N)CS(=O)Cc1c(F)cccc1Cl. The standard InChI is InChI=1S/C11H15ClFNOS/c1-11(2,14)7-16(15)6-8-9(12)4-3-5-10(8)13/h3-5H,6-7,14H2,1-2H3. The Balaban J connectivity index is 2.78. The van der Waals surface area contributed by atoms with Crippen molar-refractivity contribution in [3.8, 4) is 0 Å². The number of hydrogen-bond donors (Lipinski definition) is 1. The van der Waals surface area contributed by atoms with Crippen LogP contribution in [-0.2, 0) is 16.6 Å². The van der Waals surface area contributed by atoms with Crippen molar-refractivity contribution in [1.29, 1.82) is 0 Å². The summed E-state index contributed by atoms with van der Waals surface area (Å²) in [5, 5.41) is 0.308. The number of nitrogens with two attached hydrogens (primary N) is 1. The van der Waals surface area contributed by atoms with E-state index >= 15 is 0 Å². The fourth-order valence-electron chi connectivity index (χ4n) is 1.30. The lowest BCUT2D eigenvalue weighted by atomic mass is 10.1. The van der Waals surface area contributed by atoms with Gasteiger partial charge in [-0.15, -0.1) is 0 Å². The van der Waals surface area contributed by atoms with Crippen LogP contribution in [0.1, 0.15) is 19.4 Å². The van der Waals surface area contributed by atoms with E-state index in [2.05, 4.69) is 0 Å². The molecule has 1 unspecified atom stereocenters. The summed E-state index contributed by atoms with van der Waals surface area (Å²) < 4.78 is 25.1. The highest BCUT2D eigenvalue weighted by molar-refractivity contribution is 7.84. The van der Waals surface area contributed by atoms with Gasteiger partial charge in [0.1, 0.15) is 5.82 Å². The second-order valence-corrected chi connectivity index (χ2v) is 6.28. The third-order valence-corrected chi connectivity index (χ3v) is 3.93. The zero-order valence-electron chi connectivity index (χ0n) is 9.30. The van der Waals surface area contributed by atoms with Crippen LogP contribution < -0.4 is 5.73 Å². The van der Waals surface area contributed by atoms with Gasteiger partial charge in [0.05, 0.1) is 5.75 Å². The van der Waals surface area contributed by atoms with Crippen molar-refractivity contribution >= 4 is 22.4 Å². The minimum atomic E-state index is -1.21. The lowest BCUT2D eigenvalue weighted by Gasteiger charge is -2.17. The Kier molecular flexibility index (Phi) is 4.47. The summed E-state index contributed by atoms with van der Waals surface area (Å²) in [6, 6.07) is 4.42. The maximum atomic E-state index is 13.4. The van der Waals surface area contributed by atoms with Crippen molar-refractivity contribution in [2.75, 3.05) is 5.75 Å². The largest absolute Gasteiger partial charge is 0.325 e. The van der Waals surface area contributed by atoms with Crippen molar-refractivity contribution in [1.82, 2.24) is 0 Å². The molecule has 0 spiro atoms. The van der Waals surface area contributed by atoms with Crippen molar-refractivity contribution in [2.24, 2.45) is 5.73 Å². The smallest absolute Gasteiger partial charge is 0.128 e. The Hall–Kier alpha value is -0.450. The van der Waals surface area contributed by atoms with Crippen molar-refractivity contribution in [2.45, 2.75) is 25.1 Å². The number of halogens is 2. The Labute approximate surface area is 102 Å². The molecule has 0 aromatic heterocycles. The Morgan fingerprint density at radius 1 is 1.50 bits per heavy atom. The van der Waals surface area contributed by atoms with Gasteiger partial charge in [-0.05, 0) is 26.0 Å². The van der Waals surface area contributed by atoms with Gasteiger partial charge in [-0.2, -0.15) is 0 Å². The molecule has 0 aliphatic carbocycles. The van der Waals surface area contributed by atoms with Gasteiger partial charge in [-0.3, -0.25) is 4.21 Å². The fraction of sp³-hybridized carbons (Fsp3) is 0.455. The van der Waals surface area contributed by atoms with Crippen LogP contribution in [0.2, 0.25) is 5.02 Å². The van der Waals surface area contributed by atoms with Crippen LogP contribution in [-0.4, -0.2) is 15.5 Å². The summed E-state index contributed by atoms with van der Waals surface area (Å²) in [6.07, 6.45) is 0. The van der Waals surface area contributed by atoms with Crippen molar-refractivity contribution in [3.63, 3.8) is 0 Å². The van der Waals surface area contributed by atoms with Gasteiger partial charge in [0, 0.05) is 32.7 Å². The molecule has 1 atom stereocenters. The molecule has 0 fully saturated rings. The van der Waals surface area contributed by atoms with Crippen molar-refractivity contribution in [3.05, 3.63) is 34.6 Å². The molecule has 0 radical (unpaired) electrons. The normalized spacial score (nSPS) is 13.8. The highest BCUT2D eigenvalue weighted by Crippen LogP contribution is 2.21. The first-order valence-electron chi connectivity index (χ1n) is 4.86. The van der Waals surface area contributed by atoms with Gasteiger partial charge in [0.25, 0.3) is 0 Å². The number of hydrogen-bond acceptors (Lipinski definition) is 2. The van der Waals surface area contributed by atoms with Crippen LogP contribution >= 0.6 is 11.6 Å². The summed E-state index contributed by atoms with van der Waals surface area (Å²) in [6.45, 7) is 3.57. The highest BCUT2D eigenvalue weighted by Gasteiger charge is 2.17. The highest BCUT2D eigenvalue weighted by atomic mass is 35.5. The van der Waals surface area contributed by atoms with Gasteiger partial charge in [0.2, 0.25) is 0 Å². The minimum absolute atomic E-state index is 0.103. The molecule has 0 saturated carbocycles. The van der Waals surface area contributed by atoms with Crippen LogP contribution in [0.15, 0.2) is 18.2 Å². The average Bonchev–Trinajstić information content (AvgIpc) is 2.08. The van der Waals surface area contributed by atoms with E-state index in [4.69, 9.17) is 17.3 Å². The van der Waals surface area contributed by atoms with E-state index in [9.17, 15) is 8.60 Å². The summed E-state index contributed by atoms with van der Waals surface area (Å²) >= 11 is 5.84. The number of benzene rings is 1. The molecule has 0 aliphatic heterocycles. The van der Waals surface area contributed by atoms with Gasteiger partial charge in [0.15, 0.2) is 0 Å². The lowest BCUT2D eigenvalue weighted by molar-refractivity contribution is 0.576. The maximum Gasteiger partial charge on any atom is 0.128 e. The van der Waals surface area contributed by atoms with E-state index in [1.165, 1.54) is 12.1 Å². The zero-order valence-corrected chi connectivity index (χ0v) is 10.9. The van der Waals surface area contributed by atoms with Gasteiger partial charge in [-0.25, -0.2) is 4.39 Å². The molecule has 1 rings (SSSR count). The molecule has 0 bridgehead atoms. The van der Waals surface area contributed by atoms with E-state index in [0.29, 0.717) is 16.3 Å². The Morgan fingerprint density at radius 2 is 2.12 bits per heavy atom. The first-order chi connectivity index (χ1) is 7.29. The summed E-state index contributed by atoms with van der Waals surface area (Å²) in [4.78, 5) is 0. The van der Waals surface area contributed by atoms with Crippen LogP contribution in [0.25, 0.3) is 0 Å². The monoisotopic (exact) mass is 263 g/mol. The van der Waals surface area contributed by atoms with Crippen LogP contribution in [0.5, 0.6) is 0 Å². The predicted octanol–water partition coefficient (Wildman–Crippen LogP) is 2.47. The molecule has 5 heteroatoms. The molecule has 0 heterocycles. The zero-order chi connectivity index (χ0) is 12.3. The summed E-state index contributed by atoms with van der Waals surface area (Å²) in [5.41, 5.74) is 5.52. The van der Waals surface area contributed by atoms with E-state index in [1.807, 2.05) is 0 Å². The van der Waals surface area contributed by atoms with E-state index in [1.54, 1.807) is 19.9 Å². The molecule has 0 saturated heterocycles. The summed E-state index contributed by atoms with van der Waals surface area (Å²) in [5.74, 6) is -0.000233. The number of rotatable bonds is 4. The van der Waals surface area contributed by atoms with Gasteiger partial charge < -0.3 is 5.73 Å². The molecule has 2 N–H and O–H groups in total. The third-order valence-electron chi connectivity index (χ3n) is 1.90. The average molecular weight is 264 g/mol. The van der Waals surface area contributed by atoms with E-state index in [-0.39, 0.29) is 5.75 Å². The maximum absolute atomic E-state index is 13.4. The molecule has 0 aliphatic rings. The van der Waals surface area contributed by atoms with E-state index in [0.717, 1.165) is 0 Å². The Morgan fingerprint density at radius 3 is 2.62 bits per heavy atom. The topological polar surface area (TPSA) is 43.1 Å². The van der Waals surface area contributed by atoms with Crippen LogP contribution in [0.3, 0.4) is 0 Å². The third kappa shape index (κ3) is 4.20. The molecule has 16 heavy (non-hydrogen) atoms. The lowest BCUT2D eigenvalue weighted by Crippen LogP contribution is -2.38. The second kappa shape index (κ2) is 5.25. The fourth-order valence-corrected chi connectivity index (χ4v) is 3.15. The molecular formula is C11H15ClFNOS. The quantitative estimate of drug-likeness (QED) is 0.907. The molecule has 90 valence electrons. The predicted molar refractivity (Wildman–Crippen MR) is 66.4 cm³/mol. The second-order valence-electron chi connectivity index (χ2n) is 4.42. The molecule has 1 aromatic carbocycles. The Bertz CT molecular complexity index is 383. The molecule has 0 amide bonds. The van der Waals surface area contributed by atoms with Gasteiger partial charge >= 0.3 is 0 Å². The van der Waals surface area contributed by atoms with Crippen LogP contribution in [0.4, 0.5) is 4.39 Å².